The highest BCUT2D eigenvalue weighted by atomic mass is 16.6. The van der Waals surface area contributed by atoms with Crippen molar-refractivity contribution < 1.29 is 9.72 Å². The number of hydrazine groups is 1. The lowest BCUT2D eigenvalue weighted by atomic mass is 10.2. The van der Waals surface area contributed by atoms with Gasteiger partial charge in [-0.2, -0.15) is 0 Å². The predicted molar refractivity (Wildman–Crippen MR) is 77.5 cm³/mol. The van der Waals surface area contributed by atoms with E-state index in [0.29, 0.717) is 5.82 Å². The Morgan fingerprint density at radius 2 is 2.14 bits per heavy atom. The van der Waals surface area contributed by atoms with E-state index in [-0.39, 0.29) is 24.1 Å². The van der Waals surface area contributed by atoms with Crippen LogP contribution in [0.15, 0.2) is 12.1 Å². The molecule has 0 aromatic carbocycles. The molecule has 21 heavy (non-hydrogen) atoms. The summed E-state index contributed by atoms with van der Waals surface area (Å²) in [6, 6.07) is 2.76. The lowest BCUT2D eigenvalue weighted by Crippen LogP contribution is -2.41. The molecule has 0 atom stereocenters. The van der Waals surface area contributed by atoms with Gasteiger partial charge in [0, 0.05) is 12.1 Å². The van der Waals surface area contributed by atoms with Crippen LogP contribution in [0.2, 0.25) is 0 Å². The summed E-state index contributed by atoms with van der Waals surface area (Å²) in [4.78, 5) is 27.8. The van der Waals surface area contributed by atoms with Crippen LogP contribution >= 0.6 is 0 Å². The highest BCUT2D eigenvalue weighted by Gasteiger charge is 2.30. The van der Waals surface area contributed by atoms with Crippen LogP contribution in [-0.4, -0.2) is 28.4 Å². The first-order valence-electron chi connectivity index (χ1n) is 6.70. The molecule has 0 unspecified atom stereocenters. The molecule has 9 heteroatoms. The number of nitrogens with zero attached hydrogens (tertiary/aromatic N) is 3. The van der Waals surface area contributed by atoms with Crippen LogP contribution in [0.25, 0.3) is 0 Å². The third kappa shape index (κ3) is 3.37. The van der Waals surface area contributed by atoms with Crippen molar-refractivity contribution in [2.45, 2.75) is 31.7 Å². The quantitative estimate of drug-likeness (QED) is 0.394. The van der Waals surface area contributed by atoms with Gasteiger partial charge in [-0.15, -0.1) is 0 Å². The maximum Gasteiger partial charge on any atom is 0.311 e. The van der Waals surface area contributed by atoms with E-state index in [1.807, 2.05) is 0 Å². The first kappa shape index (κ1) is 15.0. The largest absolute Gasteiger partial charge is 0.368 e. The van der Waals surface area contributed by atoms with E-state index in [4.69, 9.17) is 11.6 Å². The fourth-order valence-electron chi connectivity index (χ4n) is 2.64. The number of nitro groups is 1. The summed E-state index contributed by atoms with van der Waals surface area (Å²) in [5.74, 6) is 5.18. The van der Waals surface area contributed by atoms with Crippen LogP contribution in [0.4, 0.5) is 17.3 Å². The van der Waals surface area contributed by atoms with Gasteiger partial charge in [-0.1, -0.05) is 12.8 Å². The van der Waals surface area contributed by atoms with Crippen molar-refractivity contribution in [3.63, 3.8) is 0 Å². The molecule has 114 valence electrons. The molecule has 0 aliphatic heterocycles. The number of carbonyl (C=O) groups is 1. The summed E-state index contributed by atoms with van der Waals surface area (Å²) in [5, 5.41) is 11.2. The van der Waals surface area contributed by atoms with Crippen LogP contribution in [0.1, 0.15) is 25.7 Å². The second kappa shape index (κ2) is 6.35. The molecule has 1 aromatic heterocycles. The zero-order chi connectivity index (χ0) is 15.4. The van der Waals surface area contributed by atoms with Crippen molar-refractivity contribution >= 4 is 23.2 Å². The summed E-state index contributed by atoms with van der Waals surface area (Å²) >= 11 is 0. The molecule has 1 amide bonds. The zero-order valence-corrected chi connectivity index (χ0v) is 11.5. The lowest BCUT2D eigenvalue weighted by molar-refractivity contribution is -0.384. The van der Waals surface area contributed by atoms with E-state index in [1.165, 1.54) is 12.1 Å². The number of nitrogens with one attached hydrogen (secondary N) is 1. The number of carbonyl (C=O) groups excluding carboxylic acids is 1. The number of nitrogens with two attached hydrogens (primary N) is 2. The second-order valence-corrected chi connectivity index (χ2v) is 4.97. The molecule has 1 heterocycles. The normalized spacial score (nSPS) is 14.9. The SMILES string of the molecule is NNc1ccc([N+](=O)[O-])c(N(CC(N)=O)C2CCCC2)n1. The third-order valence-electron chi connectivity index (χ3n) is 3.56. The van der Waals surface area contributed by atoms with Gasteiger partial charge in [0.2, 0.25) is 11.7 Å². The molecule has 1 saturated carbocycles. The summed E-state index contributed by atoms with van der Waals surface area (Å²) < 4.78 is 0. The molecule has 0 radical (unpaired) electrons. The predicted octanol–water partition coefficient (Wildman–Crippen LogP) is 0.510. The lowest BCUT2D eigenvalue weighted by Gasteiger charge is -2.28. The van der Waals surface area contributed by atoms with Gasteiger partial charge in [-0.05, 0) is 18.9 Å². The van der Waals surface area contributed by atoms with Crippen molar-refractivity contribution in [2.24, 2.45) is 11.6 Å². The van der Waals surface area contributed by atoms with Crippen LogP contribution in [-0.2, 0) is 4.79 Å². The first-order chi connectivity index (χ1) is 10.0. The Kier molecular flexibility index (Phi) is 4.53. The van der Waals surface area contributed by atoms with E-state index in [9.17, 15) is 14.9 Å². The topological polar surface area (TPSA) is 140 Å². The van der Waals surface area contributed by atoms with Crippen molar-refractivity contribution in [1.29, 1.82) is 0 Å². The Balaban J connectivity index is 2.45. The van der Waals surface area contributed by atoms with Crippen LogP contribution in [0, 0.1) is 10.1 Å². The van der Waals surface area contributed by atoms with Crippen LogP contribution in [0.3, 0.4) is 0 Å². The molecular formula is C12H18N6O3. The van der Waals surface area contributed by atoms with Crippen molar-refractivity contribution in [2.75, 3.05) is 16.9 Å². The first-order valence-corrected chi connectivity index (χ1v) is 6.70. The highest BCUT2D eigenvalue weighted by Crippen LogP contribution is 2.33. The van der Waals surface area contributed by atoms with Crippen molar-refractivity contribution in [3.05, 3.63) is 22.2 Å². The van der Waals surface area contributed by atoms with Gasteiger partial charge in [0.05, 0.1) is 11.5 Å². The summed E-state index contributed by atoms with van der Waals surface area (Å²) in [6.45, 7) is -0.105. The van der Waals surface area contributed by atoms with Gasteiger partial charge in [-0.3, -0.25) is 14.9 Å². The number of amides is 1. The smallest absolute Gasteiger partial charge is 0.311 e. The number of nitrogen functional groups attached to an aromatic ring is 1. The minimum Gasteiger partial charge on any atom is -0.368 e. The van der Waals surface area contributed by atoms with E-state index in [2.05, 4.69) is 10.4 Å². The fourth-order valence-corrected chi connectivity index (χ4v) is 2.64. The van der Waals surface area contributed by atoms with E-state index >= 15 is 0 Å². The summed E-state index contributed by atoms with van der Waals surface area (Å²) in [6.07, 6.45) is 3.74. The Hall–Kier alpha value is -2.42. The molecule has 0 saturated heterocycles. The monoisotopic (exact) mass is 294 g/mol. The minimum atomic E-state index is -0.552. The van der Waals surface area contributed by atoms with Gasteiger partial charge < -0.3 is 16.1 Å². The number of rotatable bonds is 6. The average Bonchev–Trinajstić information content (AvgIpc) is 2.97. The fraction of sp³-hybridized carbons (Fsp3) is 0.500. The molecule has 9 nitrogen and oxygen atoms in total. The third-order valence-corrected chi connectivity index (χ3v) is 3.56. The number of hydrogen-bond donors (Lipinski definition) is 3. The van der Waals surface area contributed by atoms with Gasteiger partial charge in [0.25, 0.3) is 0 Å². The maximum atomic E-state index is 11.3. The van der Waals surface area contributed by atoms with Crippen molar-refractivity contribution in [3.8, 4) is 0 Å². The van der Waals surface area contributed by atoms with Gasteiger partial charge >= 0.3 is 5.69 Å². The van der Waals surface area contributed by atoms with E-state index < -0.39 is 10.8 Å². The average molecular weight is 294 g/mol. The van der Waals surface area contributed by atoms with Crippen LogP contribution in [0.5, 0.6) is 0 Å². The maximum absolute atomic E-state index is 11.3. The number of hydrogen-bond acceptors (Lipinski definition) is 7. The molecule has 0 bridgehead atoms. The van der Waals surface area contributed by atoms with Crippen molar-refractivity contribution in [1.82, 2.24) is 4.98 Å². The number of aromatic nitrogens is 1. The van der Waals surface area contributed by atoms with Crippen LogP contribution < -0.4 is 21.9 Å². The Labute approximate surface area is 121 Å². The molecule has 1 aliphatic carbocycles. The number of primary amides is 1. The Morgan fingerprint density at radius 1 is 1.48 bits per heavy atom. The second-order valence-electron chi connectivity index (χ2n) is 4.97. The van der Waals surface area contributed by atoms with E-state index in [0.717, 1.165) is 25.7 Å². The molecule has 2 rings (SSSR count). The summed E-state index contributed by atoms with van der Waals surface area (Å²) in [7, 11) is 0. The number of anilines is 2. The minimum absolute atomic E-state index is 0.0247. The van der Waals surface area contributed by atoms with E-state index in [1.54, 1.807) is 4.90 Å². The number of pyridine rings is 1. The summed E-state index contributed by atoms with van der Waals surface area (Å²) in [5.41, 5.74) is 7.47. The highest BCUT2D eigenvalue weighted by molar-refractivity contribution is 5.80. The molecule has 1 fully saturated rings. The zero-order valence-electron chi connectivity index (χ0n) is 11.5. The molecule has 5 N–H and O–H groups in total. The Morgan fingerprint density at radius 3 is 2.67 bits per heavy atom. The molecule has 0 spiro atoms. The Bertz CT molecular complexity index is 544. The molecule has 1 aliphatic rings. The molecule has 1 aromatic rings. The van der Waals surface area contributed by atoms with Gasteiger partial charge in [-0.25, -0.2) is 10.8 Å². The van der Waals surface area contributed by atoms with Gasteiger partial charge in [0.15, 0.2) is 0 Å². The molecular weight excluding hydrogens is 276 g/mol. The standard InChI is InChI=1S/C12H18N6O3/c13-10(19)7-17(8-3-1-2-4-8)12-9(18(20)21)5-6-11(15-12)16-14/h5-6,8H,1-4,7,14H2,(H2,13,19)(H,15,16). The van der Waals surface area contributed by atoms with Gasteiger partial charge in [0.1, 0.15) is 5.82 Å².